The van der Waals surface area contributed by atoms with Gasteiger partial charge in [0.1, 0.15) is 0 Å². The topological polar surface area (TPSA) is 106 Å². The number of rotatable bonds is 6. The number of hydrogen-bond acceptors (Lipinski definition) is 4. The second-order valence-corrected chi connectivity index (χ2v) is 3.95. The molecule has 0 fully saturated rings. The Morgan fingerprint density at radius 1 is 1.11 bits per heavy atom. The van der Waals surface area contributed by atoms with E-state index < -0.39 is 5.97 Å². The number of carbonyl (C=O) groups excluding carboxylic acids is 1. The van der Waals surface area contributed by atoms with Crippen molar-refractivity contribution >= 4 is 11.8 Å². The van der Waals surface area contributed by atoms with Gasteiger partial charge in [0.25, 0.3) is 0 Å². The van der Waals surface area contributed by atoms with Crippen molar-refractivity contribution in [2.24, 2.45) is 11.5 Å². The molecule has 0 saturated heterocycles. The highest BCUT2D eigenvalue weighted by atomic mass is 16.4. The van der Waals surface area contributed by atoms with Crippen molar-refractivity contribution in [3.05, 3.63) is 35.4 Å². The summed E-state index contributed by atoms with van der Waals surface area (Å²) in [5.74, 6) is -1.13. The molecule has 5 heteroatoms. The van der Waals surface area contributed by atoms with E-state index in [9.17, 15) is 9.59 Å². The lowest BCUT2D eigenvalue weighted by Gasteiger charge is -2.03. The molecule has 0 bridgehead atoms. The summed E-state index contributed by atoms with van der Waals surface area (Å²) in [6.07, 6.45) is 2.15. The van der Waals surface area contributed by atoms with Gasteiger partial charge in [0.2, 0.25) is 0 Å². The van der Waals surface area contributed by atoms with Crippen LogP contribution in [0, 0.1) is 0 Å². The zero-order chi connectivity index (χ0) is 14.7. The number of ketones is 1. The third-order valence-corrected chi connectivity index (χ3v) is 2.38. The van der Waals surface area contributed by atoms with Crippen LogP contribution < -0.4 is 11.5 Å². The molecule has 106 valence electrons. The molecule has 5 N–H and O–H groups in total. The summed E-state index contributed by atoms with van der Waals surface area (Å²) in [5, 5.41) is 8.89. The number of carboxylic acids is 1. The summed E-state index contributed by atoms with van der Waals surface area (Å²) in [6.45, 7) is 3.19. The average molecular weight is 266 g/mol. The molecule has 0 saturated carbocycles. The normalized spacial score (nSPS) is 9.42. The monoisotopic (exact) mass is 266 g/mol. The third-order valence-electron chi connectivity index (χ3n) is 2.38. The number of carboxylic acid groups (broad SMARTS) is 1. The lowest BCUT2D eigenvalue weighted by atomic mass is 10.0. The Kier molecular flexibility index (Phi) is 9.30. The van der Waals surface area contributed by atoms with Crippen LogP contribution in [0.25, 0.3) is 0 Å². The SMILES string of the molecule is CCCCC(=O)c1ccccc1C(=O)O.NCCN. The molecule has 1 aromatic rings. The Morgan fingerprint density at radius 3 is 2.05 bits per heavy atom. The molecule has 19 heavy (non-hydrogen) atoms. The van der Waals surface area contributed by atoms with Crippen LogP contribution in [-0.4, -0.2) is 29.9 Å². The van der Waals surface area contributed by atoms with E-state index in [4.69, 9.17) is 16.6 Å². The van der Waals surface area contributed by atoms with Crippen molar-refractivity contribution in [2.45, 2.75) is 26.2 Å². The number of carbonyl (C=O) groups is 2. The van der Waals surface area contributed by atoms with Crippen molar-refractivity contribution in [1.82, 2.24) is 0 Å². The second-order valence-electron chi connectivity index (χ2n) is 3.95. The minimum absolute atomic E-state index is 0.0881. The molecule has 1 aromatic carbocycles. The molecule has 0 heterocycles. The Bertz CT molecular complexity index is 403. The predicted molar refractivity (Wildman–Crippen MR) is 75.4 cm³/mol. The average Bonchev–Trinajstić information content (AvgIpc) is 2.44. The second kappa shape index (κ2) is 10.2. The first-order valence-corrected chi connectivity index (χ1v) is 6.34. The fraction of sp³-hybridized carbons (Fsp3) is 0.429. The molecule has 0 aliphatic rings. The smallest absolute Gasteiger partial charge is 0.336 e. The van der Waals surface area contributed by atoms with Crippen molar-refractivity contribution in [3.63, 3.8) is 0 Å². The summed E-state index contributed by atoms with van der Waals surface area (Å²) in [6, 6.07) is 6.34. The van der Waals surface area contributed by atoms with Crippen LogP contribution in [0.1, 0.15) is 46.9 Å². The number of benzene rings is 1. The summed E-state index contributed by atoms with van der Waals surface area (Å²) in [5.41, 5.74) is 10.2. The van der Waals surface area contributed by atoms with E-state index in [0.29, 0.717) is 25.1 Å². The Morgan fingerprint density at radius 2 is 1.63 bits per heavy atom. The van der Waals surface area contributed by atoms with Gasteiger partial charge in [0.15, 0.2) is 5.78 Å². The van der Waals surface area contributed by atoms with Crippen LogP contribution >= 0.6 is 0 Å². The number of unbranched alkanes of at least 4 members (excludes halogenated alkanes) is 1. The van der Waals surface area contributed by atoms with Crippen LogP contribution in [0.4, 0.5) is 0 Å². The van der Waals surface area contributed by atoms with E-state index in [0.717, 1.165) is 12.8 Å². The molecule has 0 amide bonds. The minimum Gasteiger partial charge on any atom is -0.478 e. The van der Waals surface area contributed by atoms with Crippen LogP contribution in [0.3, 0.4) is 0 Å². The zero-order valence-electron chi connectivity index (χ0n) is 11.3. The number of aromatic carboxylic acids is 1. The first-order valence-electron chi connectivity index (χ1n) is 6.34. The molecule has 0 aromatic heterocycles. The summed E-state index contributed by atoms with van der Waals surface area (Å²) < 4.78 is 0. The minimum atomic E-state index is -1.05. The first kappa shape index (κ1) is 17.3. The van der Waals surface area contributed by atoms with Gasteiger partial charge in [-0.3, -0.25) is 4.79 Å². The Labute approximate surface area is 113 Å². The molecule has 0 radical (unpaired) electrons. The molecular weight excluding hydrogens is 244 g/mol. The molecular formula is C14H22N2O3. The van der Waals surface area contributed by atoms with E-state index in [1.807, 2.05) is 6.92 Å². The molecule has 0 aliphatic heterocycles. The molecule has 1 rings (SSSR count). The fourth-order valence-corrected chi connectivity index (χ4v) is 1.38. The fourth-order valence-electron chi connectivity index (χ4n) is 1.38. The van der Waals surface area contributed by atoms with Crippen LogP contribution in [0.2, 0.25) is 0 Å². The standard InChI is InChI=1S/C12H14O3.C2H8N2/c1-2-3-8-11(13)9-6-4-5-7-10(9)12(14)15;3-1-2-4/h4-7H,2-3,8H2,1H3,(H,14,15);1-4H2. The lowest BCUT2D eigenvalue weighted by Crippen LogP contribution is -2.11. The molecule has 0 unspecified atom stereocenters. The summed E-state index contributed by atoms with van der Waals surface area (Å²) in [4.78, 5) is 22.5. The maximum absolute atomic E-state index is 11.7. The van der Waals surface area contributed by atoms with E-state index in [2.05, 4.69) is 0 Å². The van der Waals surface area contributed by atoms with Gasteiger partial charge >= 0.3 is 5.97 Å². The van der Waals surface area contributed by atoms with Gasteiger partial charge in [0, 0.05) is 25.1 Å². The largest absolute Gasteiger partial charge is 0.478 e. The maximum Gasteiger partial charge on any atom is 0.336 e. The van der Waals surface area contributed by atoms with Crippen molar-refractivity contribution < 1.29 is 14.7 Å². The van der Waals surface area contributed by atoms with Gasteiger partial charge in [0.05, 0.1) is 5.56 Å². The highest BCUT2D eigenvalue weighted by Gasteiger charge is 2.14. The van der Waals surface area contributed by atoms with Crippen LogP contribution in [0.15, 0.2) is 24.3 Å². The maximum atomic E-state index is 11.7. The van der Waals surface area contributed by atoms with E-state index in [1.54, 1.807) is 18.2 Å². The number of hydrogen-bond donors (Lipinski definition) is 3. The van der Waals surface area contributed by atoms with Gasteiger partial charge in [-0.25, -0.2) is 4.79 Å². The first-order chi connectivity index (χ1) is 9.08. The van der Waals surface area contributed by atoms with Crippen LogP contribution in [0.5, 0.6) is 0 Å². The molecule has 0 atom stereocenters. The Balaban J connectivity index is 0.000000711. The van der Waals surface area contributed by atoms with Gasteiger partial charge in [-0.15, -0.1) is 0 Å². The number of Topliss-reactive ketones (excluding diaryl/α,β-unsaturated/α-hetero) is 1. The Hall–Kier alpha value is -1.72. The van der Waals surface area contributed by atoms with E-state index >= 15 is 0 Å². The zero-order valence-corrected chi connectivity index (χ0v) is 11.3. The van der Waals surface area contributed by atoms with Crippen molar-refractivity contribution in [2.75, 3.05) is 13.1 Å². The predicted octanol–water partition coefficient (Wildman–Crippen LogP) is 1.66. The quantitative estimate of drug-likeness (QED) is 0.679. The van der Waals surface area contributed by atoms with E-state index in [-0.39, 0.29) is 11.3 Å². The molecule has 0 aliphatic carbocycles. The summed E-state index contributed by atoms with van der Waals surface area (Å²) in [7, 11) is 0. The van der Waals surface area contributed by atoms with Crippen molar-refractivity contribution in [1.29, 1.82) is 0 Å². The van der Waals surface area contributed by atoms with Gasteiger partial charge in [-0.2, -0.15) is 0 Å². The number of nitrogens with two attached hydrogens (primary N) is 2. The molecule has 0 spiro atoms. The molecule has 5 nitrogen and oxygen atoms in total. The highest BCUT2D eigenvalue weighted by Crippen LogP contribution is 2.12. The third kappa shape index (κ3) is 6.69. The van der Waals surface area contributed by atoms with Crippen LogP contribution in [-0.2, 0) is 0 Å². The summed E-state index contributed by atoms with van der Waals surface area (Å²) >= 11 is 0. The highest BCUT2D eigenvalue weighted by molar-refractivity contribution is 6.05. The lowest BCUT2D eigenvalue weighted by molar-refractivity contribution is 0.0691. The van der Waals surface area contributed by atoms with Gasteiger partial charge < -0.3 is 16.6 Å². The van der Waals surface area contributed by atoms with E-state index in [1.165, 1.54) is 6.07 Å². The van der Waals surface area contributed by atoms with Gasteiger partial charge in [-0.1, -0.05) is 31.5 Å². The van der Waals surface area contributed by atoms with Gasteiger partial charge in [-0.05, 0) is 12.5 Å². The van der Waals surface area contributed by atoms with Crippen molar-refractivity contribution in [3.8, 4) is 0 Å².